The molecule has 0 saturated carbocycles. The molecule has 2 unspecified atom stereocenters. The van der Waals surface area contributed by atoms with Crippen LogP contribution in [0.25, 0.3) is 0 Å². The average molecular weight is 351 g/mol. The predicted octanol–water partition coefficient (Wildman–Crippen LogP) is 4.54. The molecule has 0 spiro atoms. The van der Waals surface area contributed by atoms with Crippen molar-refractivity contribution in [1.29, 1.82) is 0 Å². The van der Waals surface area contributed by atoms with E-state index in [-0.39, 0.29) is 12.2 Å². The van der Waals surface area contributed by atoms with Gasteiger partial charge in [-0.1, -0.05) is 12.2 Å². The lowest BCUT2D eigenvalue weighted by molar-refractivity contribution is 0.0771. The van der Waals surface area contributed by atoms with Gasteiger partial charge in [0.15, 0.2) is 0 Å². The van der Waals surface area contributed by atoms with Crippen LogP contribution in [0, 0.1) is 0 Å². The maximum Gasteiger partial charge on any atom is 0.127 e. The van der Waals surface area contributed by atoms with Crippen molar-refractivity contribution in [1.82, 2.24) is 5.32 Å². The summed E-state index contributed by atoms with van der Waals surface area (Å²) in [4.78, 5) is 0.919. The second kappa shape index (κ2) is 6.03. The Labute approximate surface area is 153 Å². The first-order valence-corrected chi connectivity index (χ1v) is 9.55. The summed E-state index contributed by atoms with van der Waals surface area (Å²) in [7, 11) is 0. The zero-order valence-corrected chi connectivity index (χ0v) is 14.9. The molecule has 1 N–H and O–H groups in total. The van der Waals surface area contributed by atoms with Crippen molar-refractivity contribution in [3.63, 3.8) is 0 Å². The largest absolute Gasteiger partial charge is 0.495 e. The Morgan fingerprint density at radius 3 is 2.60 bits per heavy atom. The molecule has 128 valence electrons. The number of nitrogens with one attached hydrogen (secondary N) is 1. The van der Waals surface area contributed by atoms with E-state index in [1.54, 1.807) is 0 Å². The van der Waals surface area contributed by atoms with Gasteiger partial charge in [-0.3, -0.25) is 0 Å². The van der Waals surface area contributed by atoms with Crippen LogP contribution in [0.2, 0.25) is 0 Å². The van der Waals surface area contributed by atoms with Gasteiger partial charge in [0.05, 0.1) is 16.7 Å². The van der Waals surface area contributed by atoms with Crippen molar-refractivity contribution in [2.75, 3.05) is 0 Å². The number of fused-ring (bicyclic) bond motifs is 4. The minimum atomic E-state index is -0.00571. The molecule has 2 aliphatic carbocycles. The minimum absolute atomic E-state index is 0.00571. The zero-order valence-electron chi connectivity index (χ0n) is 14.1. The molecule has 1 fully saturated rings. The van der Waals surface area contributed by atoms with E-state index in [9.17, 15) is 0 Å². The molecular weight excluding hydrogens is 330 g/mol. The van der Waals surface area contributed by atoms with Crippen molar-refractivity contribution in [2.24, 2.45) is 0 Å². The Morgan fingerprint density at radius 1 is 0.920 bits per heavy atom. The predicted molar refractivity (Wildman–Crippen MR) is 101 cm³/mol. The molecule has 2 atom stereocenters. The van der Waals surface area contributed by atoms with E-state index in [0.717, 1.165) is 60.5 Å². The lowest BCUT2D eigenvalue weighted by atomic mass is 9.87. The summed E-state index contributed by atoms with van der Waals surface area (Å²) < 4.78 is 12.6. The Bertz CT molecular complexity index is 819. The monoisotopic (exact) mass is 351 g/mol. The SMILES string of the molecule is S=C1/C2=C3/CCC(CCC2Oc2ccc1cc2)OC1=CC=C(CC1)N3. The van der Waals surface area contributed by atoms with Gasteiger partial charge < -0.3 is 14.8 Å². The van der Waals surface area contributed by atoms with E-state index in [0.29, 0.717) is 0 Å². The second-order valence-electron chi connectivity index (χ2n) is 7.16. The van der Waals surface area contributed by atoms with Crippen molar-refractivity contribution < 1.29 is 9.47 Å². The van der Waals surface area contributed by atoms with Gasteiger partial charge in [-0.2, -0.15) is 0 Å². The summed E-state index contributed by atoms with van der Waals surface area (Å²) in [5.74, 6) is 2.04. The Morgan fingerprint density at radius 2 is 1.80 bits per heavy atom. The van der Waals surface area contributed by atoms with Crippen LogP contribution in [0.4, 0.5) is 0 Å². The van der Waals surface area contributed by atoms with E-state index in [4.69, 9.17) is 21.7 Å². The molecule has 3 nitrogen and oxygen atoms in total. The molecule has 4 aliphatic heterocycles. The first-order chi connectivity index (χ1) is 12.3. The van der Waals surface area contributed by atoms with Crippen LogP contribution < -0.4 is 10.1 Å². The molecule has 6 aliphatic rings. The molecular formula is C21H21NO2S. The summed E-state index contributed by atoms with van der Waals surface area (Å²) in [6, 6.07) is 8.19. The molecule has 0 radical (unpaired) electrons. The normalized spacial score (nSPS) is 30.5. The Kier molecular flexibility index (Phi) is 3.66. The van der Waals surface area contributed by atoms with E-state index >= 15 is 0 Å². The Hall–Kier alpha value is -2.07. The summed E-state index contributed by atoms with van der Waals surface area (Å²) in [6.45, 7) is 0. The fraction of sp³-hybridized carbons (Fsp3) is 0.381. The molecule has 1 saturated heterocycles. The minimum Gasteiger partial charge on any atom is -0.495 e. The van der Waals surface area contributed by atoms with Crippen LogP contribution in [0.5, 0.6) is 5.75 Å². The van der Waals surface area contributed by atoms with Crippen LogP contribution in [-0.4, -0.2) is 17.1 Å². The van der Waals surface area contributed by atoms with Gasteiger partial charge in [0.2, 0.25) is 0 Å². The molecule has 1 aromatic rings. The van der Waals surface area contributed by atoms with Crippen LogP contribution in [0.15, 0.2) is 59.1 Å². The second-order valence-corrected chi connectivity index (χ2v) is 7.57. The topological polar surface area (TPSA) is 30.5 Å². The fourth-order valence-electron chi connectivity index (χ4n) is 4.14. The van der Waals surface area contributed by atoms with Crippen LogP contribution in [0.1, 0.15) is 44.1 Å². The number of hydrogen-bond donors (Lipinski definition) is 1. The Balaban J connectivity index is 1.65. The molecule has 25 heavy (non-hydrogen) atoms. The fourth-order valence-corrected chi connectivity index (χ4v) is 4.53. The summed E-state index contributed by atoms with van der Waals surface area (Å²) in [5, 5.41) is 3.71. The van der Waals surface area contributed by atoms with Crippen molar-refractivity contribution in [3.8, 4) is 5.75 Å². The third-order valence-electron chi connectivity index (χ3n) is 5.49. The summed E-state index contributed by atoms with van der Waals surface area (Å²) >= 11 is 5.89. The van der Waals surface area contributed by atoms with Gasteiger partial charge in [0.25, 0.3) is 0 Å². The van der Waals surface area contributed by atoms with Crippen molar-refractivity contribution in [3.05, 3.63) is 64.7 Å². The smallest absolute Gasteiger partial charge is 0.127 e. The molecule has 0 amide bonds. The maximum atomic E-state index is 6.34. The van der Waals surface area contributed by atoms with Gasteiger partial charge in [-0.25, -0.2) is 0 Å². The number of thiocarbonyl (C=S) groups is 1. The van der Waals surface area contributed by atoms with Gasteiger partial charge in [0, 0.05) is 23.4 Å². The van der Waals surface area contributed by atoms with Gasteiger partial charge in [-0.05, 0) is 74.1 Å². The number of hydrogen-bond acceptors (Lipinski definition) is 4. The van der Waals surface area contributed by atoms with Crippen molar-refractivity contribution in [2.45, 2.75) is 50.7 Å². The first kappa shape index (κ1) is 15.2. The number of benzene rings is 1. The number of rotatable bonds is 0. The third-order valence-corrected chi connectivity index (χ3v) is 5.95. The standard InChI is InChI=1S/C21H21NO2S/c25-21-13-1-5-17(6-2-13)24-19-12-10-16-9-11-18(20(19)21)22-14-3-7-15(23-16)8-4-14/h1-3,5-7,16,19,22H,4,8-12H2/b20-18-. The van der Waals surface area contributed by atoms with Crippen LogP contribution in [0.3, 0.4) is 0 Å². The lowest BCUT2D eigenvalue weighted by Gasteiger charge is -2.35. The highest BCUT2D eigenvalue weighted by Crippen LogP contribution is 2.35. The molecule has 1 aromatic carbocycles. The highest BCUT2D eigenvalue weighted by atomic mass is 32.1. The van der Waals surface area contributed by atoms with Crippen LogP contribution >= 0.6 is 12.2 Å². The van der Waals surface area contributed by atoms with Gasteiger partial charge in [0.1, 0.15) is 11.9 Å². The van der Waals surface area contributed by atoms with E-state index in [1.807, 2.05) is 12.1 Å². The van der Waals surface area contributed by atoms with E-state index in [1.165, 1.54) is 17.0 Å². The summed E-state index contributed by atoms with van der Waals surface area (Å²) in [5.41, 5.74) is 4.75. The zero-order chi connectivity index (χ0) is 16.8. The van der Waals surface area contributed by atoms with Gasteiger partial charge >= 0.3 is 0 Å². The quantitative estimate of drug-likeness (QED) is 0.695. The van der Waals surface area contributed by atoms with Gasteiger partial charge in [-0.15, -0.1) is 0 Å². The number of ether oxygens (including phenoxy) is 2. The average Bonchev–Trinajstić information content (AvgIpc) is 2.62. The third kappa shape index (κ3) is 2.78. The van der Waals surface area contributed by atoms with E-state index in [2.05, 4.69) is 29.6 Å². The van der Waals surface area contributed by atoms with Crippen LogP contribution in [-0.2, 0) is 4.74 Å². The lowest BCUT2D eigenvalue weighted by Crippen LogP contribution is -2.35. The molecule has 7 rings (SSSR count). The van der Waals surface area contributed by atoms with Crippen molar-refractivity contribution >= 4 is 17.1 Å². The first-order valence-electron chi connectivity index (χ1n) is 9.14. The summed E-state index contributed by atoms with van der Waals surface area (Å²) in [6.07, 6.45) is 10.4. The highest BCUT2D eigenvalue weighted by Gasteiger charge is 2.32. The van der Waals surface area contributed by atoms with E-state index < -0.39 is 0 Å². The molecule has 4 heteroatoms. The highest BCUT2D eigenvalue weighted by molar-refractivity contribution is 7.81. The molecule has 6 bridgehead atoms. The number of allylic oxidation sites excluding steroid dienone is 5. The molecule has 0 aromatic heterocycles. The molecule has 4 heterocycles. The maximum absolute atomic E-state index is 6.34.